The van der Waals surface area contributed by atoms with E-state index in [1.165, 1.54) is 32.9 Å². The van der Waals surface area contributed by atoms with Crippen LogP contribution < -0.4 is 15.5 Å². The fraction of sp³-hybridized carbons (Fsp3) is 0.0392. The van der Waals surface area contributed by atoms with E-state index in [0.29, 0.717) is 0 Å². The van der Waals surface area contributed by atoms with Crippen molar-refractivity contribution in [3.63, 3.8) is 0 Å². The summed E-state index contributed by atoms with van der Waals surface area (Å²) in [7, 11) is 2.10. The monoisotopic (exact) mass is 707 g/mol. The molecule has 0 atom stereocenters. The van der Waals surface area contributed by atoms with Gasteiger partial charge in [-0.3, -0.25) is 0 Å². The predicted octanol–water partition coefficient (Wildman–Crippen LogP) is 11.3. The SMILES string of the molecule is C\C=C/C=c1/oc2ccc(-c3cccc(-c4ccc5c(c4)c4ccccc4n5-c4ccccc4)c3)cc2/c1=C1\N=C(c2ccccc2)c2ccccc2N1C. The van der Waals surface area contributed by atoms with Crippen LogP contribution in [0.3, 0.4) is 0 Å². The topological polar surface area (TPSA) is 33.7 Å². The highest BCUT2D eigenvalue weighted by Gasteiger charge is 2.24. The van der Waals surface area contributed by atoms with Crippen LogP contribution in [0.4, 0.5) is 5.69 Å². The first-order valence-electron chi connectivity index (χ1n) is 18.7. The van der Waals surface area contributed by atoms with Crippen LogP contribution in [-0.4, -0.2) is 17.3 Å². The Morgan fingerprint density at radius 1 is 0.545 bits per heavy atom. The largest absolute Gasteiger partial charge is 0.456 e. The van der Waals surface area contributed by atoms with E-state index in [4.69, 9.17) is 9.41 Å². The summed E-state index contributed by atoms with van der Waals surface area (Å²) in [6.45, 7) is 2.02. The maximum Gasteiger partial charge on any atom is 0.145 e. The molecule has 0 spiro atoms. The van der Waals surface area contributed by atoms with Crippen molar-refractivity contribution >= 4 is 56.1 Å². The van der Waals surface area contributed by atoms with Crippen molar-refractivity contribution in [2.24, 2.45) is 4.99 Å². The maximum atomic E-state index is 6.60. The van der Waals surface area contributed by atoms with Gasteiger partial charge in [0.25, 0.3) is 0 Å². The Labute approximate surface area is 319 Å². The number of aliphatic imine (C=N–C) groups is 1. The minimum Gasteiger partial charge on any atom is -0.456 e. The van der Waals surface area contributed by atoms with Crippen molar-refractivity contribution in [2.45, 2.75) is 6.92 Å². The maximum absolute atomic E-state index is 6.60. The zero-order valence-electron chi connectivity index (χ0n) is 30.6. The number of rotatable bonds is 5. The number of aromatic nitrogens is 1. The lowest BCUT2D eigenvalue weighted by atomic mass is 9.97. The van der Waals surface area contributed by atoms with Gasteiger partial charge in [0, 0.05) is 40.0 Å². The lowest BCUT2D eigenvalue weighted by molar-refractivity contribution is 0.575. The molecular formula is C51H37N3O. The Balaban J connectivity index is 1.14. The summed E-state index contributed by atoms with van der Waals surface area (Å²) in [4.78, 5) is 7.60. The Hall–Kier alpha value is -7.17. The van der Waals surface area contributed by atoms with Gasteiger partial charge in [0.2, 0.25) is 0 Å². The number of anilines is 1. The number of hydrogen-bond donors (Lipinski definition) is 0. The molecule has 10 rings (SSSR count). The summed E-state index contributed by atoms with van der Waals surface area (Å²) in [6.07, 6.45) is 6.09. The third kappa shape index (κ3) is 5.50. The molecule has 0 bridgehead atoms. The number of benzene rings is 7. The third-order valence-corrected chi connectivity index (χ3v) is 10.7. The van der Waals surface area contributed by atoms with Crippen LogP contribution in [0, 0.1) is 0 Å². The average Bonchev–Trinajstić information content (AvgIpc) is 3.78. The van der Waals surface area contributed by atoms with E-state index >= 15 is 0 Å². The van der Waals surface area contributed by atoms with Crippen molar-refractivity contribution in [1.29, 1.82) is 0 Å². The van der Waals surface area contributed by atoms with E-state index in [1.54, 1.807) is 0 Å². The van der Waals surface area contributed by atoms with E-state index in [9.17, 15) is 0 Å². The summed E-state index contributed by atoms with van der Waals surface area (Å²) in [5.41, 5.74) is 14.0. The van der Waals surface area contributed by atoms with Gasteiger partial charge >= 0.3 is 0 Å². The molecule has 1 aliphatic heterocycles. The number of para-hydroxylation sites is 3. The summed E-state index contributed by atoms with van der Waals surface area (Å²) in [6, 6.07) is 60.4. The van der Waals surface area contributed by atoms with Gasteiger partial charge < -0.3 is 13.9 Å². The Morgan fingerprint density at radius 2 is 1.18 bits per heavy atom. The van der Waals surface area contributed by atoms with Crippen molar-refractivity contribution in [3.8, 4) is 27.9 Å². The van der Waals surface area contributed by atoms with Gasteiger partial charge in [0.05, 0.1) is 27.7 Å². The molecule has 4 heteroatoms. The van der Waals surface area contributed by atoms with Gasteiger partial charge in [-0.25, -0.2) is 4.99 Å². The van der Waals surface area contributed by atoms with Gasteiger partial charge in [-0.15, -0.1) is 0 Å². The Kier molecular flexibility index (Phi) is 7.88. The highest BCUT2D eigenvalue weighted by atomic mass is 16.3. The molecule has 0 amide bonds. The molecule has 0 saturated carbocycles. The summed E-state index contributed by atoms with van der Waals surface area (Å²) in [5.74, 6) is 0.848. The van der Waals surface area contributed by atoms with Gasteiger partial charge in [0.15, 0.2) is 0 Å². The number of nitrogens with zero attached hydrogens (tertiary/aromatic N) is 3. The smallest absolute Gasteiger partial charge is 0.145 e. The summed E-state index contributed by atoms with van der Waals surface area (Å²) in [5, 5.41) is 4.47. The molecule has 0 aliphatic carbocycles. The Bertz CT molecular complexity index is 3110. The first kappa shape index (κ1) is 32.5. The first-order valence-corrected chi connectivity index (χ1v) is 18.7. The van der Waals surface area contributed by atoms with Gasteiger partial charge in [-0.1, -0.05) is 127 Å². The van der Waals surface area contributed by atoms with E-state index in [-0.39, 0.29) is 0 Å². The molecule has 7 aromatic carbocycles. The zero-order chi connectivity index (χ0) is 36.9. The molecule has 55 heavy (non-hydrogen) atoms. The molecule has 0 fully saturated rings. The highest BCUT2D eigenvalue weighted by molar-refractivity contribution is 6.20. The average molecular weight is 708 g/mol. The zero-order valence-corrected chi connectivity index (χ0v) is 30.6. The molecule has 4 nitrogen and oxygen atoms in total. The van der Waals surface area contributed by atoms with Gasteiger partial charge in [-0.2, -0.15) is 0 Å². The molecule has 0 saturated heterocycles. The van der Waals surface area contributed by atoms with Crippen LogP contribution >= 0.6 is 0 Å². The quantitative estimate of drug-likeness (QED) is 0.178. The molecule has 0 unspecified atom stereocenters. The minimum atomic E-state index is 0.777. The summed E-state index contributed by atoms with van der Waals surface area (Å²) < 4.78 is 8.96. The molecule has 262 valence electrons. The van der Waals surface area contributed by atoms with Crippen LogP contribution in [0.25, 0.3) is 72.6 Å². The number of furan rings is 1. The molecule has 3 heterocycles. The first-order chi connectivity index (χ1) is 27.2. The molecule has 2 aromatic heterocycles. The van der Waals surface area contributed by atoms with Crippen LogP contribution in [0.2, 0.25) is 0 Å². The number of allylic oxidation sites excluding steroid dienone is 2. The van der Waals surface area contributed by atoms with E-state index in [1.807, 2.05) is 31.2 Å². The predicted molar refractivity (Wildman–Crippen MR) is 230 cm³/mol. The second-order valence-corrected chi connectivity index (χ2v) is 14.0. The second-order valence-electron chi connectivity index (χ2n) is 14.0. The van der Waals surface area contributed by atoms with Crippen molar-refractivity contribution in [1.82, 2.24) is 4.57 Å². The second kappa shape index (κ2) is 13.4. The van der Waals surface area contributed by atoms with Crippen molar-refractivity contribution < 1.29 is 4.42 Å². The minimum absolute atomic E-state index is 0.777. The molecule has 0 radical (unpaired) electrons. The normalized spacial score (nSPS) is 14.3. The Morgan fingerprint density at radius 3 is 1.98 bits per heavy atom. The lowest BCUT2D eigenvalue weighted by Crippen LogP contribution is -2.33. The van der Waals surface area contributed by atoms with Crippen LogP contribution in [0.1, 0.15) is 18.1 Å². The van der Waals surface area contributed by atoms with Crippen molar-refractivity contribution in [3.05, 3.63) is 204 Å². The highest BCUT2D eigenvalue weighted by Crippen LogP contribution is 2.36. The van der Waals surface area contributed by atoms with Gasteiger partial charge in [-0.05, 0) is 89.9 Å². The van der Waals surface area contributed by atoms with E-state index < -0.39 is 0 Å². The van der Waals surface area contributed by atoms with Crippen molar-refractivity contribution in [2.75, 3.05) is 11.9 Å². The van der Waals surface area contributed by atoms with E-state index in [0.717, 1.165) is 66.8 Å². The standard InChI is InChI=1S/C51H37N3O/c1-3-4-26-48-49(51-52-50(34-16-7-5-8-17-34)41-23-12-13-24-44(41)53(51)2)43-33-38(28-30-47(43)55-48)36-19-15-18-35(31-36)37-27-29-46-42(32-37)40-22-11-14-25-45(40)54(46)39-20-9-6-10-21-39/h3-33H,1-2H3/b4-3-,48-26+,51-49-. The van der Waals surface area contributed by atoms with Crippen LogP contribution in [0.5, 0.6) is 0 Å². The fourth-order valence-electron chi connectivity index (χ4n) is 8.08. The van der Waals surface area contributed by atoms with Crippen LogP contribution in [0.15, 0.2) is 191 Å². The van der Waals surface area contributed by atoms with Gasteiger partial charge in [0.1, 0.15) is 16.8 Å². The lowest BCUT2D eigenvalue weighted by Gasteiger charge is -2.28. The molecular weight excluding hydrogens is 671 g/mol. The molecule has 0 N–H and O–H groups in total. The van der Waals surface area contributed by atoms with Crippen LogP contribution in [-0.2, 0) is 0 Å². The third-order valence-electron chi connectivity index (χ3n) is 10.7. The number of hydrogen-bond acceptors (Lipinski definition) is 3. The fourth-order valence-corrected chi connectivity index (χ4v) is 8.08. The number of fused-ring (bicyclic) bond motifs is 5. The van der Waals surface area contributed by atoms with E-state index in [2.05, 4.69) is 180 Å². The molecule has 1 aliphatic rings. The summed E-state index contributed by atoms with van der Waals surface area (Å²) >= 11 is 0. The molecule has 9 aromatic rings.